The summed E-state index contributed by atoms with van der Waals surface area (Å²) in [7, 11) is 0. The maximum absolute atomic E-state index is 12.4. The minimum Gasteiger partial charge on any atom is -0.355 e. The van der Waals surface area contributed by atoms with E-state index in [-0.39, 0.29) is 24.2 Å². The molecule has 1 aliphatic rings. The number of hydrogen-bond donors (Lipinski definition) is 1. The Morgan fingerprint density at radius 3 is 2.52 bits per heavy atom. The lowest BCUT2D eigenvalue weighted by Crippen LogP contribution is -2.34. The van der Waals surface area contributed by atoms with Crippen LogP contribution in [-0.4, -0.2) is 24.9 Å². The zero-order valence-electron chi connectivity index (χ0n) is 14.2. The minimum atomic E-state index is -0.293. The summed E-state index contributed by atoms with van der Waals surface area (Å²) in [6.07, 6.45) is 1.01. The molecule has 0 spiro atoms. The van der Waals surface area contributed by atoms with E-state index >= 15 is 0 Å². The number of carbonyl (C=O) groups is 2. The van der Waals surface area contributed by atoms with E-state index in [1.54, 1.807) is 4.90 Å². The number of nitrogens with zero attached hydrogens (tertiary/aromatic N) is 1. The Morgan fingerprint density at radius 2 is 1.84 bits per heavy atom. The molecule has 0 radical (unpaired) electrons. The first-order valence-corrected chi connectivity index (χ1v) is 8.80. The zero-order chi connectivity index (χ0) is 17.8. The number of halogens is 1. The van der Waals surface area contributed by atoms with Crippen molar-refractivity contribution in [2.24, 2.45) is 5.92 Å². The molecule has 4 nitrogen and oxygen atoms in total. The standard InChI is InChI=1S/C20H21ClN2O2/c1-14-2-8-18(9-3-14)23-13-16(12-19(23)24)20(25)22-11-10-15-4-6-17(21)7-5-15/h2-9,16H,10-13H2,1H3,(H,22,25). The van der Waals surface area contributed by atoms with Gasteiger partial charge in [0.05, 0.1) is 5.92 Å². The highest BCUT2D eigenvalue weighted by Crippen LogP contribution is 2.25. The van der Waals surface area contributed by atoms with Crippen molar-refractivity contribution in [2.45, 2.75) is 19.8 Å². The van der Waals surface area contributed by atoms with E-state index in [1.165, 1.54) is 0 Å². The van der Waals surface area contributed by atoms with E-state index in [4.69, 9.17) is 11.6 Å². The molecule has 0 aromatic heterocycles. The molecule has 0 bridgehead atoms. The molecule has 1 fully saturated rings. The topological polar surface area (TPSA) is 49.4 Å². The molecule has 3 rings (SSSR count). The van der Waals surface area contributed by atoms with E-state index in [9.17, 15) is 9.59 Å². The first-order chi connectivity index (χ1) is 12.0. The molecule has 1 saturated heterocycles. The molecule has 2 aromatic rings. The van der Waals surface area contributed by atoms with Gasteiger partial charge in [-0.3, -0.25) is 9.59 Å². The van der Waals surface area contributed by atoms with Gasteiger partial charge in [-0.25, -0.2) is 0 Å². The third-order valence-corrected chi connectivity index (χ3v) is 4.72. The van der Waals surface area contributed by atoms with Crippen LogP contribution in [0.2, 0.25) is 5.02 Å². The highest BCUT2D eigenvalue weighted by Gasteiger charge is 2.34. The van der Waals surface area contributed by atoms with Crippen LogP contribution in [-0.2, 0) is 16.0 Å². The van der Waals surface area contributed by atoms with Gasteiger partial charge in [-0.2, -0.15) is 0 Å². The van der Waals surface area contributed by atoms with Gasteiger partial charge in [0.1, 0.15) is 0 Å². The van der Waals surface area contributed by atoms with E-state index < -0.39 is 0 Å². The molecule has 2 aromatic carbocycles. The number of benzene rings is 2. The van der Waals surface area contributed by atoms with Crippen molar-refractivity contribution in [3.63, 3.8) is 0 Å². The first kappa shape index (κ1) is 17.5. The van der Waals surface area contributed by atoms with Crippen molar-refractivity contribution in [1.82, 2.24) is 5.32 Å². The minimum absolute atomic E-state index is 0.00158. The Bertz CT molecular complexity index is 756. The van der Waals surface area contributed by atoms with Gasteiger partial charge in [0.25, 0.3) is 0 Å². The van der Waals surface area contributed by atoms with Gasteiger partial charge >= 0.3 is 0 Å². The average molecular weight is 357 g/mol. The third kappa shape index (κ3) is 4.40. The van der Waals surface area contributed by atoms with E-state index in [0.717, 1.165) is 23.2 Å². The van der Waals surface area contributed by atoms with Crippen molar-refractivity contribution in [2.75, 3.05) is 18.0 Å². The molecule has 1 N–H and O–H groups in total. The van der Waals surface area contributed by atoms with Crippen molar-refractivity contribution in [3.05, 3.63) is 64.7 Å². The summed E-state index contributed by atoms with van der Waals surface area (Å²) in [4.78, 5) is 26.3. The van der Waals surface area contributed by atoms with Gasteiger partial charge in [0, 0.05) is 30.2 Å². The second-order valence-corrected chi connectivity index (χ2v) is 6.84. The number of rotatable bonds is 5. The van der Waals surface area contributed by atoms with Crippen LogP contribution >= 0.6 is 11.6 Å². The molecule has 1 atom stereocenters. The number of aryl methyl sites for hydroxylation is 1. The largest absolute Gasteiger partial charge is 0.355 e. The van der Waals surface area contributed by atoms with Crippen molar-refractivity contribution >= 4 is 29.1 Å². The summed E-state index contributed by atoms with van der Waals surface area (Å²) in [5, 5.41) is 3.64. The normalized spacial score (nSPS) is 17.0. The highest BCUT2D eigenvalue weighted by atomic mass is 35.5. The van der Waals surface area contributed by atoms with Gasteiger partial charge in [-0.15, -0.1) is 0 Å². The Balaban J connectivity index is 1.52. The zero-order valence-corrected chi connectivity index (χ0v) is 14.9. The number of nitrogens with one attached hydrogen (secondary N) is 1. The Hall–Kier alpha value is -2.33. The van der Waals surface area contributed by atoms with Gasteiger partial charge in [0.15, 0.2) is 0 Å². The Morgan fingerprint density at radius 1 is 1.16 bits per heavy atom. The highest BCUT2D eigenvalue weighted by molar-refractivity contribution is 6.30. The SMILES string of the molecule is Cc1ccc(N2CC(C(=O)NCCc3ccc(Cl)cc3)CC2=O)cc1. The Kier molecular flexibility index (Phi) is 5.39. The molecular weight excluding hydrogens is 336 g/mol. The van der Waals surface area contributed by atoms with Gasteiger partial charge < -0.3 is 10.2 Å². The lowest BCUT2D eigenvalue weighted by molar-refractivity contribution is -0.126. The lowest BCUT2D eigenvalue weighted by atomic mass is 10.1. The second kappa shape index (κ2) is 7.70. The molecule has 1 unspecified atom stereocenters. The Labute approximate surface area is 152 Å². The number of anilines is 1. The van der Waals surface area contributed by atoms with Crippen molar-refractivity contribution in [3.8, 4) is 0 Å². The molecule has 1 aliphatic heterocycles. The fourth-order valence-corrected chi connectivity index (χ4v) is 3.11. The van der Waals surface area contributed by atoms with Crippen LogP contribution in [0.25, 0.3) is 0 Å². The molecular formula is C20H21ClN2O2. The third-order valence-electron chi connectivity index (χ3n) is 4.47. The number of hydrogen-bond acceptors (Lipinski definition) is 2. The second-order valence-electron chi connectivity index (χ2n) is 6.41. The molecule has 5 heteroatoms. The van der Waals surface area contributed by atoms with E-state index in [0.29, 0.717) is 18.1 Å². The van der Waals surface area contributed by atoms with Crippen LogP contribution in [0, 0.1) is 12.8 Å². The van der Waals surface area contributed by atoms with Gasteiger partial charge in [-0.1, -0.05) is 41.4 Å². The summed E-state index contributed by atoms with van der Waals surface area (Å²) in [5.74, 6) is -0.349. The summed E-state index contributed by atoms with van der Waals surface area (Å²) in [6, 6.07) is 15.4. The summed E-state index contributed by atoms with van der Waals surface area (Å²) in [5.41, 5.74) is 3.12. The predicted octanol–water partition coefficient (Wildman–Crippen LogP) is 3.36. The van der Waals surface area contributed by atoms with Gasteiger partial charge in [-0.05, 0) is 43.2 Å². The van der Waals surface area contributed by atoms with Crippen LogP contribution in [0.3, 0.4) is 0 Å². The van der Waals surface area contributed by atoms with Crippen LogP contribution in [0.15, 0.2) is 48.5 Å². The van der Waals surface area contributed by atoms with Crippen LogP contribution < -0.4 is 10.2 Å². The van der Waals surface area contributed by atoms with E-state index in [1.807, 2.05) is 55.5 Å². The summed E-state index contributed by atoms with van der Waals surface area (Å²) < 4.78 is 0. The maximum Gasteiger partial charge on any atom is 0.227 e. The maximum atomic E-state index is 12.4. The lowest BCUT2D eigenvalue weighted by Gasteiger charge is -2.17. The van der Waals surface area contributed by atoms with Crippen LogP contribution in [0.5, 0.6) is 0 Å². The summed E-state index contributed by atoms with van der Waals surface area (Å²) in [6.45, 7) is 3.00. The van der Waals surface area contributed by atoms with Crippen LogP contribution in [0.1, 0.15) is 17.5 Å². The first-order valence-electron chi connectivity index (χ1n) is 8.42. The fourth-order valence-electron chi connectivity index (χ4n) is 2.98. The smallest absolute Gasteiger partial charge is 0.227 e. The summed E-state index contributed by atoms with van der Waals surface area (Å²) >= 11 is 5.86. The van der Waals surface area contributed by atoms with E-state index in [2.05, 4.69) is 5.32 Å². The molecule has 130 valence electrons. The monoisotopic (exact) mass is 356 g/mol. The molecule has 1 heterocycles. The molecule has 0 saturated carbocycles. The number of carbonyl (C=O) groups excluding carboxylic acids is 2. The van der Waals surface area contributed by atoms with Gasteiger partial charge in [0.2, 0.25) is 11.8 Å². The quantitative estimate of drug-likeness (QED) is 0.893. The number of amides is 2. The van der Waals surface area contributed by atoms with Crippen molar-refractivity contribution < 1.29 is 9.59 Å². The van der Waals surface area contributed by atoms with Crippen LogP contribution in [0.4, 0.5) is 5.69 Å². The fraction of sp³-hybridized carbons (Fsp3) is 0.300. The van der Waals surface area contributed by atoms with Crippen molar-refractivity contribution in [1.29, 1.82) is 0 Å². The molecule has 2 amide bonds. The predicted molar refractivity (Wildman–Crippen MR) is 99.8 cm³/mol. The molecule has 0 aliphatic carbocycles. The average Bonchev–Trinajstić information content (AvgIpc) is 2.99. The molecule has 25 heavy (non-hydrogen) atoms.